The summed E-state index contributed by atoms with van der Waals surface area (Å²) >= 11 is 0.668. The molecule has 1 heterocycles. The quantitative estimate of drug-likeness (QED) is 0.572. The molecule has 0 aliphatic carbocycles. The molecule has 1 aromatic heterocycles. The second-order valence-corrected chi connectivity index (χ2v) is 4.75. The van der Waals surface area contributed by atoms with E-state index < -0.39 is 28.8 Å². The van der Waals surface area contributed by atoms with Gasteiger partial charge in [0.2, 0.25) is 0 Å². The van der Waals surface area contributed by atoms with Crippen molar-refractivity contribution >= 4 is 29.2 Å². The zero-order valence-corrected chi connectivity index (χ0v) is 10.7. The van der Waals surface area contributed by atoms with Gasteiger partial charge in [-0.05, 0) is 13.3 Å². The molecule has 1 aromatic rings. The van der Waals surface area contributed by atoms with E-state index in [0.717, 1.165) is 0 Å². The summed E-state index contributed by atoms with van der Waals surface area (Å²) in [6.07, 6.45) is -0.603. The van der Waals surface area contributed by atoms with Crippen LogP contribution in [-0.2, 0) is 9.59 Å². The molecule has 0 aromatic carbocycles. The maximum absolute atomic E-state index is 11.8. The number of aryl methyl sites for hydroxylation is 1. The van der Waals surface area contributed by atoms with Crippen LogP contribution in [0, 0.1) is 6.92 Å². The molecule has 0 aliphatic heterocycles. The fourth-order valence-electron chi connectivity index (χ4n) is 1.37. The van der Waals surface area contributed by atoms with Crippen LogP contribution in [0.3, 0.4) is 0 Å². The molecule has 1 amide bonds. The lowest BCUT2D eigenvalue weighted by molar-refractivity contribution is -0.140. The van der Waals surface area contributed by atoms with Crippen molar-refractivity contribution in [3.05, 3.63) is 20.2 Å². The lowest BCUT2D eigenvalue weighted by Crippen LogP contribution is -2.41. The topological polar surface area (TPSA) is 137 Å². The molecule has 9 heteroatoms. The van der Waals surface area contributed by atoms with E-state index in [-0.39, 0.29) is 17.7 Å². The van der Waals surface area contributed by atoms with Gasteiger partial charge in [-0.15, -0.1) is 0 Å². The van der Waals surface area contributed by atoms with Crippen LogP contribution in [0.5, 0.6) is 0 Å². The number of hydrogen-bond donors (Lipinski definition) is 4. The predicted molar refractivity (Wildman–Crippen MR) is 65.4 cm³/mol. The Morgan fingerprint density at radius 1 is 1.37 bits per heavy atom. The van der Waals surface area contributed by atoms with Gasteiger partial charge < -0.3 is 20.5 Å². The number of hydrogen-bond acceptors (Lipinski definition) is 5. The molecule has 0 bridgehead atoms. The third-order valence-corrected chi connectivity index (χ3v) is 3.26. The van der Waals surface area contributed by atoms with Gasteiger partial charge in [-0.25, -0.2) is 4.79 Å². The fraction of sp³-hybridized carbons (Fsp3) is 0.400. The molecule has 0 aliphatic rings. The van der Waals surface area contributed by atoms with Crippen LogP contribution in [0.2, 0.25) is 0 Å². The van der Waals surface area contributed by atoms with Crippen LogP contribution in [0.25, 0.3) is 0 Å². The maximum atomic E-state index is 11.8. The van der Waals surface area contributed by atoms with Crippen molar-refractivity contribution in [2.75, 3.05) is 0 Å². The molecule has 0 spiro atoms. The number of aromatic amines is 1. The largest absolute Gasteiger partial charge is 0.481 e. The molecule has 0 radical (unpaired) electrons. The van der Waals surface area contributed by atoms with Crippen molar-refractivity contribution in [3.63, 3.8) is 0 Å². The summed E-state index contributed by atoms with van der Waals surface area (Å²) in [7, 11) is 0. The van der Waals surface area contributed by atoms with E-state index >= 15 is 0 Å². The molecule has 19 heavy (non-hydrogen) atoms. The lowest BCUT2D eigenvalue weighted by atomic mass is 10.1. The normalized spacial score (nSPS) is 11.8. The van der Waals surface area contributed by atoms with Crippen molar-refractivity contribution in [2.24, 2.45) is 0 Å². The van der Waals surface area contributed by atoms with Crippen molar-refractivity contribution in [1.29, 1.82) is 0 Å². The van der Waals surface area contributed by atoms with Crippen molar-refractivity contribution in [2.45, 2.75) is 25.8 Å². The van der Waals surface area contributed by atoms with Crippen LogP contribution in [0.15, 0.2) is 4.79 Å². The summed E-state index contributed by atoms with van der Waals surface area (Å²) in [5.74, 6) is -3.18. The number of aliphatic carboxylic acids is 2. The second-order valence-electron chi connectivity index (χ2n) is 3.77. The minimum absolute atomic E-state index is 0.0894. The van der Waals surface area contributed by atoms with Crippen molar-refractivity contribution in [3.8, 4) is 0 Å². The van der Waals surface area contributed by atoms with Crippen molar-refractivity contribution in [1.82, 2.24) is 10.3 Å². The summed E-state index contributed by atoms with van der Waals surface area (Å²) in [6, 6.07) is -1.31. The minimum Gasteiger partial charge on any atom is -0.481 e. The number of H-pyrrole nitrogens is 1. The van der Waals surface area contributed by atoms with Gasteiger partial charge in [0.05, 0.1) is 0 Å². The Morgan fingerprint density at radius 3 is 2.42 bits per heavy atom. The van der Waals surface area contributed by atoms with Gasteiger partial charge in [0.15, 0.2) is 0 Å². The Morgan fingerprint density at radius 2 is 2.00 bits per heavy atom. The Balaban J connectivity index is 2.76. The number of aromatic nitrogens is 1. The summed E-state index contributed by atoms with van der Waals surface area (Å²) < 4.78 is 0. The third kappa shape index (κ3) is 4.21. The monoisotopic (exact) mass is 288 g/mol. The highest BCUT2D eigenvalue weighted by Gasteiger charge is 2.23. The third-order valence-electron chi connectivity index (χ3n) is 2.28. The van der Waals surface area contributed by atoms with Crippen LogP contribution < -0.4 is 10.2 Å². The average molecular weight is 288 g/mol. The van der Waals surface area contributed by atoms with Gasteiger partial charge >= 0.3 is 16.8 Å². The molecule has 0 fully saturated rings. The number of rotatable bonds is 6. The highest BCUT2D eigenvalue weighted by molar-refractivity contribution is 7.11. The lowest BCUT2D eigenvalue weighted by Gasteiger charge is -2.12. The minimum atomic E-state index is -1.32. The van der Waals surface area contributed by atoms with E-state index in [4.69, 9.17) is 10.2 Å². The smallest absolute Gasteiger partial charge is 0.326 e. The first-order chi connectivity index (χ1) is 8.81. The van der Waals surface area contributed by atoms with Crippen molar-refractivity contribution < 1.29 is 24.6 Å². The first-order valence-corrected chi connectivity index (χ1v) is 6.08. The zero-order valence-electron chi connectivity index (χ0n) is 9.93. The van der Waals surface area contributed by atoms with Gasteiger partial charge in [-0.1, -0.05) is 11.3 Å². The van der Waals surface area contributed by atoms with E-state index in [1.807, 2.05) is 0 Å². The first kappa shape index (κ1) is 14.9. The molecular weight excluding hydrogens is 276 g/mol. The maximum Gasteiger partial charge on any atom is 0.326 e. The Hall–Kier alpha value is -2.16. The molecule has 8 nitrogen and oxygen atoms in total. The summed E-state index contributed by atoms with van der Waals surface area (Å²) in [4.78, 5) is 46.2. The molecule has 104 valence electrons. The number of amides is 1. The number of nitrogens with one attached hydrogen (secondary N) is 2. The van der Waals surface area contributed by atoms with Gasteiger partial charge in [-0.3, -0.25) is 14.4 Å². The zero-order chi connectivity index (χ0) is 14.6. The Kier molecular flexibility index (Phi) is 4.81. The number of carbonyl (C=O) groups is 3. The van der Waals surface area contributed by atoms with E-state index in [0.29, 0.717) is 17.0 Å². The van der Waals surface area contributed by atoms with Gasteiger partial charge in [-0.2, -0.15) is 0 Å². The van der Waals surface area contributed by atoms with E-state index in [1.54, 1.807) is 0 Å². The molecule has 1 rings (SSSR count). The van der Waals surface area contributed by atoms with Crippen LogP contribution >= 0.6 is 11.3 Å². The standard InChI is InChI=1S/C10H12N2O6S/c1-4-7(19-10(18)11-4)8(15)12-5(9(16)17)2-3-6(13)14/h5H,2-3H2,1H3,(H,11,18)(H,12,15)(H,13,14)(H,16,17). The van der Waals surface area contributed by atoms with Gasteiger partial charge in [0, 0.05) is 12.1 Å². The highest BCUT2D eigenvalue weighted by Crippen LogP contribution is 2.09. The summed E-state index contributed by atoms with van der Waals surface area (Å²) in [6.45, 7) is 1.51. The van der Waals surface area contributed by atoms with E-state index in [2.05, 4.69) is 10.3 Å². The predicted octanol–water partition coefficient (Wildman–Crippen LogP) is -0.207. The van der Waals surface area contributed by atoms with Gasteiger partial charge in [0.1, 0.15) is 10.9 Å². The van der Waals surface area contributed by atoms with Crippen LogP contribution in [0.1, 0.15) is 28.2 Å². The summed E-state index contributed by atoms with van der Waals surface area (Å²) in [5, 5.41) is 19.6. The first-order valence-electron chi connectivity index (χ1n) is 5.26. The Bertz CT molecular complexity index is 561. The highest BCUT2D eigenvalue weighted by atomic mass is 32.1. The molecule has 1 unspecified atom stereocenters. The molecular formula is C10H12N2O6S. The average Bonchev–Trinajstić information content (AvgIpc) is 2.62. The number of carbonyl (C=O) groups excluding carboxylic acids is 1. The molecule has 0 saturated heterocycles. The molecule has 4 N–H and O–H groups in total. The molecule has 0 saturated carbocycles. The number of thiazole rings is 1. The van der Waals surface area contributed by atoms with Crippen LogP contribution in [0.4, 0.5) is 0 Å². The summed E-state index contributed by atoms with van der Waals surface area (Å²) in [5.41, 5.74) is 0.342. The fourth-order valence-corrected chi connectivity index (χ4v) is 2.12. The number of carboxylic acids is 2. The number of carboxylic acid groups (broad SMARTS) is 2. The Labute approximate surface area is 111 Å². The van der Waals surface area contributed by atoms with E-state index in [9.17, 15) is 19.2 Å². The SMILES string of the molecule is Cc1[nH]c(=O)sc1C(=O)NC(CCC(=O)O)C(=O)O. The van der Waals surface area contributed by atoms with E-state index in [1.165, 1.54) is 6.92 Å². The second kappa shape index (κ2) is 6.14. The van der Waals surface area contributed by atoms with Gasteiger partial charge in [0.25, 0.3) is 5.91 Å². The molecule has 1 atom stereocenters. The van der Waals surface area contributed by atoms with Crippen LogP contribution in [-0.4, -0.2) is 39.1 Å².